The van der Waals surface area contributed by atoms with E-state index in [1.54, 1.807) is 37.3 Å². The van der Waals surface area contributed by atoms with Crippen LogP contribution in [0.5, 0.6) is 0 Å². The maximum absolute atomic E-state index is 11.8. The Morgan fingerprint density at radius 3 is 2.63 bits per heavy atom. The molecule has 0 radical (unpaired) electrons. The summed E-state index contributed by atoms with van der Waals surface area (Å²) in [4.78, 5) is 11.8. The van der Waals surface area contributed by atoms with Gasteiger partial charge in [0, 0.05) is 11.2 Å². The predicted octanol–water partition coefficient (Wildman–Crippen LogP) is 1.91. The van der Waals surface area contributed by atoms with E-state index < -0.39 is 12.1 Å². The molecule has 19 heavy (non-hydrogen) atoms. The average molecular weight is 280 g/mol. The number of hydrogen-bond acceptors (Lipinski definition) is 3. The predicted molar refractivity (Wildman–Crippen MR) is 71.9 cm³/mol. The first-order valence-electron chi connectivity index (χ1n) is 5.81. The molecular formula is C13H14ClN3O2. The lowest BCUT2D eigenvalue weighted by molar-refractivity contribution is 0.0847. The van der Waals surface area contributed by atoms with Crippen molar-refractivity contribution >= 4 is 17.5 Å². The molecule has 0 saturated heterocycles. The van der Waals surface area contributed by atoms with E-state index in [4.69, 9.17) is 11.6 Å². The van der Waals surface area contributed by atoms with Crippen LogP contribution in [0.2, 0.25) is 5.02 Å². The minimum absolute atomic E-state index is 0.307. The van der Waals surface area contributed by atoms with E-state index in [2.05, 4.69) is 15.5 Å². The molecule has 5 nitrogen and oxygen atoms in total. The Morgan fingerprint density at radius 1 is 1.37 bits per heavy atom. The van der Waals surface area contributed by atoms with E-state index >= 15 is 0 Å². The normalized spacial score (nSPS) is 13.8. The van der Waals surface area contributed by atoms with Crippen molar-refractivity contribution in [1.82, 2.24) is 15.5 Å². The molecule has 1 amide bonds. The molecule has 0 spiro atoms. The molecule has 1 aromatic heterocycles. The Morgan fingerprint density at radius 2 is 2.05 bits per heavy atom. The van der Waals surface area contributed by atoms with Crippen LogP contribution in [0.3, 0.4) is 0 Å². The van der Waals surface area contributed by atoms with E-state index in [1.807, 2.05) is 0 Å². The topological polar surface area (TPSA) is 78.0 Å². The molecular weight excluding hydrogens is 266 g/mol. The van der Waals surface area contributed by atoms with Crippen LogP contribution >= 0.6 is 11.6 Å². The van der Waals surface area contributed by atoms with E-state index in [0.29, 0.717) is 16.3 Å². The molecule has 0 fully saturated rings. The first-order chi connectivity index (χ1) is 9.08. The molecule has 0 bridgehead atoms. The van der Waals surface area contributed by atoms with Crippen molar-refractivity contribution in [3.8, 4) is 0 Å². The highest BCUT2D eigenvalue weighted by Gasteiger charge is 2.19. The lowest BCUT2D eigenvalue weighted by Crippen LogP contribution is -2.37. The Labute approximate surface area is 115 Å². The summed E-state index contributed by atoms with van der Waals surface area (Å²) in [7, 11) is 0. The molecule has 0 aliphatic carbocycles. The second kappa shape index (κ2) is 5.86. The molecule has 1 aromatic carbocycles. The third kappa shape index (κ3) is 3.33. The van der Waals surface area contributed by atoms with E-state index in [9.17, 15) is 9.90 Å². The summed E-state index contributed by atoms with van der Waals surface area (Å²) in [5, 5.41) is 19.7. The third-order valence-corrected chi connectivity index (χ3v) is 3.04. The van der Waals surface area contributed by atoms with Gasteiger partial charge >= 0.3 is 0 Å². The number of aliphatic hydroxyl groups is 1. The Balaban J connectivity index is 2.01. The van der Waals surface area contributed by atoms with E-state index in [-0.39, 0.29) is 5.91 Å². The SMILES string of the molecule is CC(NC(=O)c1ccn[nH]1)C(O)c1ccc(Cl)cc1. The molecule has 100 valence electrons. The smallest absolute Gasteiger partial charge is 0.269 e. The number of aliphatic hydroxyl groups excluding tert-OH is 1. The zero-order chi connectivity index (χ0) is 13.8. The van der Waals surface area contributed by atoms with Crippen molar-refractivity contribution in [2.75, 3.05) is 0 Å². The Kier molecular flexibility index (Phi) is 4.19. The number of aromatic nitrogens is 2. The summed E-state index contributed by atoms with van der Waals surface area (Å²) < 4.78 is 0. The number of nitrogens with zero attached hydrogens (tertiary/aromatic N) is 1. The van der Waals surface area contributed by atoms with Gasteiger partial charge in [-0.15, -0.1) is 0 Å². The number of aromatic amines is 1. The van der Waals surface area contributed by atoms with Crippen LogP contribution in [-0.4, -0.2) is 27.3 Å². The van der Waals surface area contributed by atoms with Crippen molar-refractivity contribution in [1.29, 1.82) is 0 Å². The molecule has 2 atom stereocenters. The third-order valence-electron chi connectivity index (χ3n) is 2.79. The van der Waals surface area contributed by atoms with Gasteiger partial charge in [0.25, 0.3) is 5.91 Å². The molecule has 2 aromatic rings. The number of halogens is 1. The highest BCUT2D eigenvalue weighted by Crippen LogP contribution is 2.19. The van der Waals surface area contributed by atoms with Gasteiger partial charge in [-0.3, -0.25) is 9.89 Å². The number of hydrogen-bond donors (Lipinski definition) is 3. The molecule has 1 heterocycles. The summed E-state index contributed by atoms with van der Waals surface area (Å²) in [5.74, 6) is -0.307. The quantitative estimate of drug-likeness (QED) is 0.800. The van der Waals surface area contributed by atoms with Crippen LogP contribution < -0.4 is 5.32 Å². The molecule has 0 aliphatic heterocycles. The number of carbonyl (C=O) groups excluding carboxylic acids is 1. The number of carbonyl (C=O) groups is 1. The van der Waals surface area contributed by atoms with Gasteiger partial charge in [-0.05, 0) is 30.7 Å². The van der Waals surface area contributed by atoms with Gasteiger partial charge in [0.15, 0.2) is 0 Å². The van der Waals surface area contributed by atoms with Crippen molar-refractivity contribution in [3.05, 3.63) is 52.8 Å². The van der Waals surface area contributed by atoms with Crippen LogP contribution in [0.4, 0.5) is 0 Å². The van der Waals surface area contributed by atoms with Crippen molar-refractivity contribution in [2.45, 2.75) is 19.1 Å². The van der Waals surface area contributed by atoms with Crippen LogP contribution in [0.1, 0.15) is 29.1 Å². The monoisotopic (exact) mass is 279 g/mol. The second-order valence-corrected chi connectivity index (χ2v) is 4.67. The van der Waals surface area contributed by atoms with Gasteiger partial charge in [-0.1, -0.05) is 23.7 Å². The van der Waals surface area contributed by atoms with Gasteiger partial charge < -0.3 is 10.4 Å². The van der Waals surface area contributed by atoms with Crippen LogP contribution in [0.25, 0.3) is 0 Å². The number of amides is 1. The number of nitrogens with one attached hydrogen (secondary N) is 2. The second-order valence-electron chi connectivity index (χ2n) is 4.23. The minimum atomic E-state index is -0.802. The molecule has 0 saturated carbocycles. The average Bonchev–Trinajstić information content (AvgIpc) is 2.92. The van der Waals surface area contributed by atoms with Crippen molar-refractivity contribution < 1.29 is 9.90 Å². The summed E-state index contributed by atoms with van der Waals surface area (Å²) in [6.45, 7) is 1.73. The summed E-state index contributed by atoms with van der Waals surface area (Å²) in [6.07, 6.45) is 0.694. The fourth-order valence-electron chi connectivity index (χ4n) is 1.69. The van der Waals surface area contributed by atoms with Gasteiger partial charge in [0.1, 0.15) is 5.69 Å². The van der Waals surface area contributed by atoms with Gasteiger partial charge in [-0.2, -0.15) is 5.10 Å². The molecule has 3 N–H and O–H groups in total. The van der Waals surface area contributed by atoms with E-state index in [1.165, 1.54) is 6.20 Å². The van der Waals surface area contributed by atoms with Gasteiger partial charge in [-0.25, -0.2) is 0 Å². The fraction of sp³-hybridized carbons (Fsp3) is 0.231. The molecule has 2 rings (SSSR count). The summed E-state index contributed by atoms with van der Waals surface area (Å²) >= 11 is 5.79. The molecule has 2 unspecified atom stereocenters. The van der Waals surface area contributed by atoms with Gasteiger partial charge in [0.05, 0.1) is 12.1 Å². The van der Waals surface area contributed by atoms with Crippen LogP contribution in [-0.2, 0) is 0 Å². The first-order valence-corrected chi connectivity index (χ1v) is 6.19. The number of rotatable bonds is 4. The van der Waals surface area contributed by atoms with Crippen molar-refractivity contribution in [2.24, 2.45) is 0 Å². The zero-order valence-electron chi connectivity index (χ0n) is 10.3. The highest BCUT2D eigenvalue weighted by atomic mass is 35.5. The molecule has 6 heteroatoms. The lowest BCUT2D eigenvalue weighted by Gasteiger charge is -2.20. The number of benzene rings is 1. The largest absolute Gasteiger partial charge is 0.386 e. The Hall–Kier alpha value is -1.85. The first kappa shape index (κ1) is 13.6. The highest BCUT2D eigenvalue weighted by molar-refractivity contribution is 6.30. The maximum Gasteiger partial charge on any atom is 0.269 e. The lowest BCUT2D eigenvalue weighted by atomic mass is 10.0. The van der Waals surface area contributed by atoms with Crippen molar-refractivity contribution in [3.63, 3.8) is 0 Å². The minimum Gasteiger partial charge on any atom is -0.386 e. The standard InChI is InChI=1S/C13H14ClN3O2/c1-8(16-13(19)11-6-7-15-17-11)12(18)9-2-4-10(14)5-3-9/h2-8,12,18H,1H3,(H,15,17)(H,16,19). The Bertz CT molecular complexity index is 540. The number of H-pyrrole nitrogens is 1. The summed E-state index contributed by atoms with van der Waals surface area (Å²) in [6, 6.07) is 7.98. The van der Waals surface area contributed by atoms with Crippen LogP contribution in [0.15, 0.2) is 36.5 Å². The summed E-state index contributed by atoms with van der Waals surface area (Å²) in [5.41, 5.74) is 1.05. The zero-order valence-corrected chi connectivity index (χ0v) is 11.1. The van der Waals surface area contributed by atoms with E-state index in [0.717, 1.165) is 0 Å². The van der Waals surface area contributed by atoms with Gasteiger partial charge in [0.2, 0.25) is 0 Å². The maximum atomic E-state index is 11.8. The van der Waals surface area contributed by atoms with Crippen LogP contribution in [0, 0.1) is 0 Å². The fourth-order valence-corrected chi connectivity index (χ4v) is 1.82. The molecule has 0 aliphatic rings.